The molecule has 1 fully saturated rings. The number of rotatable bonds is 6. The zero-order valence-electron chi connectivity index (χ0n) is 15.8. The fourth-order valence-electron chi connectivity index (χ4n) is 3.81. The Morgan fingerprint density at radius 3 is 2.79 bits per heavy atom. The summed E-state index contributed by atoms with van der Waals surface area (Å²) in [6.45, 7) is 8.63. The average Bonchev–Trinajstić information content (AvgIpc) is 2.85. The number of carbonyl (C=O) groups is 1. The van der Waals surface area contributed by atoms with Crippen molar-refractivity contribution >= 4 is 5.97 Å². The van der Waals surface area contributed by atoms with Gasteiger partial charge in [0.2, 0.25) is 0 Å². The first-order valence-corrected chi connectivity index (χ1v) is 9.15. The monoisotopic (exact) mass is 332 g/mol. The van der Waals surface area contributed by atoms with E-state index in [9.17, 15) is 4.79 Å². The molecule has 2 aliphatic rings. The van der Waals surface area contributed by atoms with Crippen LogP contribution in [0.1, 0.15) is 59.8 Å². The van der Waals surface area contributed by atoms with Crippen molar-refractivity contribution in [3.63, 3.8) is 0 Å². The smallest absolute Gasteiger partial charge is 0.333 e. The highest BCUT2D eigenvalue weighted by molar-refractivity contribution is 5.88. The van der Waals surface area contributed by atoms with E-state index >= 15 is 0 Å². The highest BCUT2D eigenvalue weighted by Crippen LogP contribution is 2.41. The molecule has 3 nitrogen and oxygen atoms in total. The zero-order valence-corrected chi connectivity index (χ0v) is 15.8. The second-order valence-electron chi connectivity index (χ2n) is 7.49. The Hall–Kier alpha value is -1.35. The molecule has 0 aromatic carbocycles. The maximum absolute atomic E-state index is 12.0. The Kier molecular flexibility index (Phi) is 6.85. The topological polar surface area (TPSA) is 35.5 Å². The Bertz CT molecular complexity index is 537. The molecule has 134 valence electrons. The summed E-state index contributed by atoms with van der Waals surface area (Å²) in [5.74, 6) is 0.947. The molecule has 1 aliphatic heterocycles. The number of hydrogen-bond acceptors (Lipinski definition) is 3. The maximum atomic E-state index is 12.0. The number of hydrogen-bond donors (Lipinski definition) is 0. The Morgan fingerprint density at radius 1 is 1.38 bits per heavy atom. The van der Waals surface area contributed by atoms with Crippen LogP contribution in [0.3, 0.4) is 0 Å². The molecule has 1 heterocycles. The van der Waals surface area contributed by atoms with Crippen molar-refractivity contribution in [1.82, 2.24) is 0 Å². The standard InChI is InChI=1S/C21H32O3/c1-14(2)7-6-8-17(21(22)23-5)10-12-19-16(4)18-11-9-15(3)13-20(18)24-19/h7,10,13,16,18-20H,6,8-9,11-12H2,1-5H3/b17-10+/t16-,18+,19+,20+/m0/s1. The molecule has 0 spiro atoms. The minimum Gasteiger partial charge on any atom is -0.466 e. The van der Waals surface area contributed by atoms with Gasteiger partial charge in [0.05, 0.1) is 19.3 Å². The summed E-state index contributed by atoms with van der Waals surface area (Å²) >= 11 is 0. The Labute approximate surface area is 146 Å². The predicted octanol–water partition coefficient (Wildman–Crippen LogP) is 4.98. The van der Waals surface area contributed by atoms with Gasteiger partial charge in [-0.25, -0.2) is 4.79 Å². The van der Waals surface area contributed by atoms with Gasteiger partial charge in [0.15, 0.2) is 0 Å². The average molecular weight is 332 g/mol. The van der Waals surface area contributed by atoms with Gasteiger partial charge >= 0.3 is 5.97 Å². The van der Waals surface area contributed by atoms with Gasteiger partial charge in [-0.15, -0.1) is 0 Å². The van der Waals surface area contributed by atoms with Crippen LogP contribution in [0.5, 0.6) is 0 Å². The lowest BCUT2D eigenvalue weighted by Crippen LogP contribution is -2.21. The molecule has 24 heavy (non-hydrogen) atoms. The van der Waals surface area contributed by atoms with Crippen molar-refractivity contribution in [1.29, 1.82) is 0 Å². The van der Waals surface area contributed by atoms with E-state index in [0.29, 0.717) is 11.8 Å². The van der Waals surface area contributed by atoms with Crippen LogP contribution in [0.25, 0.3) is 0 Å². The van der Waals surface area contributed by atoms with Crippen LogP contribution in [0.15, 0.2) is 34.9 Å². The highest BCUT2D eigenvalue weighted by atomic mass is 16.5. The van der Waals surface area contributed by atoms with Gasteiger partial charge in [0, 0.05) is 5.57 Å². The minimum atomic E-state index is -0.212. The fraction of sp³-hybridized carbons (Fsp3) is 0.667. The molecule has 0 radical (unpaired) electrons. The first-order valence-electron chi connectivity index (χ1n) is 9.15. The number of carbonyl (C=O) groups excluding carboxylic acids is 1. The molecular formula is C21H32O3. The number of methoxy groups -OCH3 is 1. The van der Waals surface area contributed by atoms with Gasteiger partial charge in [-0.2, -0.15) is 0 Å². The van der Waals surface area contributed by atoms with E-state index in [2.05, 4.69) is 39.8 Å². The van der Waals surface area contributed by atoms with Gasteiger partial charge in [-0.05, 0) is 64.7 Å². The molecule has 4 atom stereocenters. The minimum absolute atomic E-state index is 0.199. The second-order valence-corrected chi connectivity index (χ2v) is 7.49. The SMILES string of the molecule is COC(=O)/C(=C/C[C@H]1O[C@@H]2C=C(C)CC[C@@H]2[C@@H]1C)CCC=C(C)C. The van der Waals surface area contributed by atoms with Crippen molar-refractivity contribution in [2.75, 3.05) is 7.11 Å². The second kappa shape index (κ2) is 8.66. The highest BCUT2D eigenvalue weighted by Gasteiger charge is 2.41. The normalized spacial score (nSPS) is 29.7. The zero-order chi connectivity index (χ0) is 17.7. The van der Waals surface area contributed by atoms with Crippen LogP contribution < -0.4 is 0 Å². The summed E-state index contributed by atoms with van der Waals surface area (Å²) in [5, 5.41) is 0. The molecule has 1 saturated heterocycles. The summed E-state index contributed by atoms with van der Waals surface area (Å²) in [4.78, 5) is 12.0. The number of esters is 1. The van der Waals surface area contributed by atoms with Crippen molar-refractivity contribution < 1.29 is 14.3 Å². The van der Waals surface area contributed by atoms with Gasteiger partial charge in [-0.1, -0.05) is 36.3 Å². The third kappa shape index (κ3) is 4.83. The van der Waals surface area contributed by atoms with Crippen LogP contribution >= 0.6 is 0 Å². The van der Waals surface area contributed by atoms with Crippen molar-refractivity contribution in [2.24, 2.45) is 11.8 Å². The lowest BCUT2D eigenvalue weighted by molar-refractivity contribution is -0.136. The van der Waals surface area contributed by atoms with E-state index in [1.54, 1.807) is 0 Å². The number of ether oxygens (including phenoxy) is 2. The maximum Gasteiger partial charge on any atom is 0.333 e. The van der Waals surface area contributed by atoms with Gasteiger partial charge in [0.1, 0.15) is 0 Å². The predicted molar refractivity (Wildman–Crippen MR) is 97.7 cm³/mol. The van der Waals surface area contributed by atoms with E-state index in [1.807, 2.05) is 6.08 Å². The number of allylic oxidation sites excluding steroid dienone is 3. The van der Waals surface area contributed by atoms with Gasteiger partial charge < -0.3 is 9.47 Å². The molecule has 2 rings (SSSR count). The lowest BCUT2D eigenvalue weighted by Gasteiger charge is -2.23. The molecule has 0 aromatic rings. The van der Waals surface area contributed by atoms with E-state index in [1.165, 1.54) is 31.1 Å². The van der Waals surface area contributed by atoms with Crippen LogP contribution in [0, 0.1) is 11.8 Å². The molecule has 0 bridgehead atoms. The Morgan fingerprint density at radius 2 is 2.12 bits per heavy atom. The molecule has 0 unspecified atom stereocenters. The fourth-order valence-corrected chi connectivity index (χ4v) is 3.81. The van der Waals surface area contributed by atoms with E-state index in [4.69, 9.17) is 9.47 Å². The van der Waals surface area contributed by atoms with Crippen LogP contribution in [0.2, 0.25) is 0 Å². The van der Waals surface area contributed by atoms with Gasteiger partial charge in [-0.3, -0.25) is 0 Å². The quantitative estimate of drug-likeness (QED) is 0.391. The lowest BCUT2D eigenvalue weighted by atomic mass is 9.80. The van der Waals surface area contributed by atoms with Crippen LogP contribution in [0.4, 0.5) is 0 Å². The summed E-state index contributed by atoms with van der Waals surface area (Å²) in [7, 11) is 1.45. The summed E-state index contributed by atoms with van der Waals surface area (Å²) < 4.78 is 11.2. The molecule has 1 aliphatic carbocycles. The molecule has 3 heteroatoms. The van der Waals surface area contributed by atoms with E-state index in [-0.39, 0.29) is 18.2 Å². The molecule has 0 N–H and O–H groups in total. The Balaban J connectivity index is 2.00. The van der Waals surface area contributed by atoms with Crippen LogP contribution in [-0.4, -0.2) is 25.3 Å². The molecule has 0 amide bonds. The molecular weight excluding hydrogens is 300 g/mol. The molecule has 0 saturated carbocycles. The summed E-state index contributed by atoms with van der Waals surface area (Å²) in [6, 6.07) is 0. The summed E-state index contributed by atoms with van der Waals surface area (Å²) in [6.07, 6.45) is 11.8. The number of fused-ring (bicyclic) bond motifs is 1. The third-order valence-electron chi connectivity index (χ3n) is 5.35. The van der Waals surface area contributed by atoms with E-state index < -0.39 is 0 Å². The van der Waals surface area contributed by atoms with Crippen molar-refractivity contribution in [3.8, 4) is 0 Å². The first-order chi connectivity index (χ1) is 11.4. The van der Waals surface area contributed by atoms with E-state index in [0.717, 1.165) is 24.8 Å². The first kappa shape index (κ1) is 19.0. The van der Waals surface area contributed by atoms with Gasteiger partial charge in [0.25, 0.3) is 0 Å². The third-order valence-corrected chi connectivity index (χ3v) is 5.35. The molecule has 0 aromatic heterocycles. The van der Waals surface area contributed by atoms with Crippen LogP contribution in [-0.2, 0) is 14.3 Å². The summed E-state index contributed by atoms with van der Waals surface area (Å²) in [5.41, 5.74) is 3.49. The van der Waals surface area contributed by atoms with Crippen molar-refractivity contribution in [3.05, 3.63) is 34.9 Å². The largest absolute Gasteiger partial charge is 0.466 e. The van der Waals surface area contributed by atoms with Crippen molar-refractivity contribution in [2.45, 2.75) is 72.0 Å².